The van der Waals surface area contributed by atoms with Gasteiger partial charge in [0, 0.05) is 18.9 Å². The molecule has 1 aromatic rings. The molecule has 9 nitrogen and oxygen atoms in total. The van der Waals surface area contributed by atoms with E-state index >= 15 is 0 Å². The van der Waals surface area contributed by atoms with Gasteiger partial charge >= 0.3 is 17.9 Å². The van der Waals surface area contributed by atoms with Crippen molar-refractivity contribution in [2.24, 2.45) is 17.8 Å². The van der Waals surface area contributed by atoms with E-state index in [1.165, 1.54) is 4.90 Å². The number of nitrogens with one attached hydrogen (secondary N) is 1. The second kappa shape index (κ2) is 12.7. The zero-order chi connectivity index (χ0) is 28.2. The van der Waals surface area contributed by atoms with E-state index in [2.05, 4.69) is 5.32 Å². The number of carbonyl (C=O) groups is 3. The average molecular weight is 553 g/mol. The first-order valence-corrected chi connectivity index (χ1v) is 13.8. The molecule has 0 bridgehead atoms. The molecular weight excluding hydrogens is 514 g/mol. The summed E-state index contributed by atoms with van der Waals surface area (Å²) in [5, 5.41) is 13.6. The number of halogens is 2. The molecule has 0 aromatic heterocycles. The lowest BCUT2D eigenvalue weighted by Crippen LogP contribution is -2.58. The second-order valence-electron chi connectivity index (χ2n) is 10.7. The van der Waals surface area contributed by atoms with Crippen LogP contribution in [0.5, 0.6) is 0 Å². The summed E-state index contributed by atoms with van der Waals surface area (Å²) >= 11 is 0. The van der Waals surface area contributed by atoms with Crippen LogP contribution >= 0.6 is 0 Å². The van der Waals surface area contributed by atoms with Crippen molar-refractivity contribution in [1.29, 1.82) is 0 Å². The smallest absolute Gasteiger partial charge is 0.341 e. The molecule has 216 valence electrons. The number of benzene rings is 1. The maximum Gasteiger partial charge on any atom is 0.341 e. The van der Waals surface area contributed by atoms with E-state index in [1.54, 1.807) is 44.2 Å². The highest BCUT2D eigenvalue weighted by atomic mass is 19.3. The van der Waals surface area contributed by atoms with Crippen molar-refractivity contribution < 1.29 is 42.5 Å². The lowest BCUT2D eigenvalue weighted by atomic mass is 9.68. The number of aliphatic hydroxyl groups is 1. The molecule has 7 atom stereocenters. The Balaban J connectivity index is 1.45. The molecule has 5 unspecified atom stereocenters. The summed E-state index contributed by atoms with van der Waals surface area (Å²) in [4.78, 5) is 39.4. The summed E-state index contributed by atoms with van der Waals surface area (Å²) in [6, 6.07) is 6.76. The van der Waals surface area contributed by atoms with Crippen molar-refractivity contribution in [3.63, 3.8) is 0 Å². The van der Waals surface area contributed by atoms with Gasteiger partial charge in [0.1, 0.15) is 12.1 Å². The standard InChI is InChI=1S/C28H38F2N2O7/c1-3-37-25(34)21-13-19-12-17(15-32-16-28(29,30)14-22(32)26(35)38-4-2)10-11-20(19)24(31-21)39-27(36)23(33)18-8-6-5-7-9-18/h5-9,17,19-24,31,33H,3-4,10-16H2,1-2H3/t17?,19?,20?,21?,22-,23+,24?/m1/s1. The molecule has 0 spiro atoms. The Hall–Kier alpha value is -2.63. The number of rotatable bonds is 9. The first kappa shape index (κ1) is 29.4. The number of ether oxygens (including phenoxy) is 3. The summed E-state index contributed by atoms with van der Waals surface area (Å²) in [6.07, 6.45) is -0.454. The first-order chi connectivity index (χ1) is 18.6. The molecule has 1 aliphatic carbocycles. The molecule has 11 heteroatoms. The van der Waals surface area contributed by atoms with E-state index in [1.807, 2.05) is 0 Å². The average Bonchev–Trinajstić information content (AvgIpc) is 3.22. The molecule has 2 N–H and O–H groups in total. The number of fused-ring (bicyclic) bond motifs is 1. The first-order valence-electron chi connectivity index (χ1n) is 13.8. The van der Waals surface area contributed by atoms with Crippen LogP contribution in [-0.2, 0) is 28.6 Å². The normalized spacial score (nSPS) is 31.1. The summed E-state index contributed by atoms with van der Waals surface area (Å²) in [6.45, 7) is 3.50. The fourth-order valence-corrected chi connectivity index (χ4v) is 6.28. The maximum absolute atomic E-state index is 14.3. The number of likely N-dealkylation sites (tertiary alicyclic amines) is 1. The molecule has 2 saturated heterocycles. The van der Waals surface area contributed by atoms with Crippen molar-refractivity contribution >= 4 is 17.9 Å². The third-order valence-electron chi connectivity index (χ3n) is 8.01. The number of nitrogens with zero attached hydrogens (tertiary/aromatic N) is 1. The van der Waals surface area contributed by atoms with Gasteiger partial charge in [-0.3, -0.25) is 19.8 Å². The summed E-state index contributed by atoms with van der Waals surface area (Å²) in [7, 11) is 0. The minimum Gasteiger partial charge on any atom is -0.465 e. The number of carbonyl (C=O) groups excluding carboxylic acids is 3. The van der Waals surface area contributed by atoms with Crippen molar-refractivity contribution in [3.05, 3.63) is 35.9 Å². The van der Waals surface area contributed by atoms with Crippen molar-refractivity contribution in [2.75, 3.05) is 26.3 Å². The fourth-order valence-electron chi connectivity index (χ4n) is 6.28. The van der Waals surface area contributed by atoms with Crippen molar-refractivity contribution in [2.45, 2.75) is 76.3 Å². The number of piperidine rings is 1. The highest BCUT2D eigenvalue weighted by Crippen LogP contribution is 2.43. The van der Waals surface area contributed by atoms with E-state index < -0.39 is 61.2 Å². The van der Waals surface area contributed by atoms with E-state index in [9.17, 15) is 28.3 Å². The van der Waals surface area contributed by atoms with Crippen LogP contribution in [0.3, 0.4) is 0 Å². The van der Waals surface area contributed by atoms with Gasteiger partial charge < -0.3 is 19.3 Å². The Morgan fingerprint density at radius 3 is 2.46 bits per heavy atom. The number of hydrogen-bond acceptors (Lipinski definition) is 9. The van der Waals surface area contributed by atoms with Crippen LogP contribution in [0.25, 0.3) is 0 Å². The van der Waals surface area contributed by atoms with Gasteiger partial charge in [-0.25, -0.2) is 13.6 Å². The number of hydrogen-bond donors (Lipinski definition) is 2. The van der Waals surface area contributed by atoms with Gasteiger partial charge in [0.25, 0.3) is 5.92 Å². The van der Waals surface area contributed by atoms with Crippen LogP contribution in [-0.4, -0.2) is 78.5 Å². The van der Waals surface area contributed by atoms with E-state index in [0.29, 0.717) is 37.8 Å². The molecule has 2 aliphatic heterocycles. The van der Waals surface area contributed by atoms with Gasteiger partial charge in [0.15, 0.2) is 12.3 Å². The molecular formula is C28H38F2N2O7. The van der Waals surface area contributed by atoms with Gasteiger partial charge in [-0.05, 0) is 56.9 Å². The van der Waals surface area contributed by atoms with Crippen LogP contribution in [0, 0.1) is 17.8 Å². The molecule has 0 radical (unpaired) electrons. The Kier molecular flexibility index (Phi) is 9.56. The van der Waals surface area contributed by atoms with E-state index in [-0.39, 0.29) is 31.0 Å². The Morgan fingerprint density at radius 1 is 1.08 bits per heavy atom. The molecule has 3 aliphatic rings. The van der Waals surface area contributed by atoms with Crippen LogP contribution in [0.15, 0.2) is 30.3 Å². The largest absolute Gasteiger partial charge is 0.465 e. The van der Waals surface area contributed by atoms with Crippen molar-refractivity contribution in [3.8, 4) is 0 Å². The Bertz CT molecular complexity index is 1010. The quantitative estimate of drug-likeness (QED) is 0.353. The third-order valence-corrected chi connectivity index (χ3v) is 8.01. The molecule has 3 fully saturated rings. The highest BCUT2D eigenvalue weighted by Gasteiger charge is 2.51. The second-order valence-corrected chi connectivity index (χ2v) is 10.7. The van der Waals surface area contributed by atoms with Gasteiger partial charge in [-0.15, -0.1) is 0 Å². The van der Waals surface area contributed by atoms with Crippen LogP contribution < -0.4 is 5.32 Å². The summed E-state index contributed by atoms with van der Waals surface area (Å²) in [5.41, 5.74) is 0.402. The van der Waals surface area contributed by atoms with Gasteiger partial charge in [0.2, 0.25) is 0 Å². The third kappa shape index (κ3) is 7.12. The Morgan fingerprint density at radius 2 is 1.77 bits per heavy atom. The topological polar surface area (TPSA) is 114 Å². The van der Waals surface area contributed by atoms with Crippen molar-refractivity contribution in [1.82, 2.24) is 10.2 Å². The monoisotopic (exact) mass is 552 g/mol. The maximum atomic E-state index is 14.3. The van der Waals surface area contributed by atoms with Crippen LogP contribution in [0.1, 0.15) is 57.6 Å². The number of alkyl halides is 2. The zero-order valence-electron chi connectivity index (χ0n) is 22.4. The van der Waals surface area contributed by atoms with Gasteiger partial charge in [-0.1, -0.05) is 30.3 Å². The molecule has 1 aromatic carbocycles. The van der Waals surface area contributed by atoms with Gasteiger partial charge in [-0.2, -0.15) is 0 Å². The number of esters is 3. The highest BCUT2D eigenvalue weighted by molar-refractivity contribution is 5.78. The SMILES string of the molecule is CCOC(=O)C1CC2CC(CN3CC(F)(F)C[C@@H]3C(=O)OCC)CCC2C(OC(=O)[C@@H](O)c2ccccc2)N1. The van der Waals surface area contributed by atoms with E-state index in [0.717, 1.165) is 0 Å². The fraction of sp³-hybridized carbons (Fsp3) is 0.679. The van der Waals surface area contributed by atoms with E-state index in [4.69, 9.17) is 14.2 Å². The lowest BCUT2D eigenvalue weighted by molar-refractivity contribution is -0.175. The molecule has 39 heavy (non-hydrogen) atoms. The van der Waals surface area contributed by atoms with Crippen LogP contribution in [0.2, 0.25) is 0 Å². The predicted octanol–water partition coefficient (Wildman–Crippen LogP) is 2.82. The minimum absolute atomic E-state index is 0.0179. The lowest BCUT2D eigenvalue weighted by Gasteiger charge is -2.46. The Labute approximate surface area is 227 Å². The zero-order valence-corrected chi connectivity index (χ0v) is 22.4. The van der Waals surface area contributed by atoms with Gasteiger partial charge in [0.05, 0.1) is 19.8 Å². The number of aliphatic hydroxyl groups excluding tert-OH is 1. The molecule has 0 amide bonds. The predicted molar refractivity (Wildman–Crippen MR) is 135 cm³/mol. The molecule has 4 rings (SSSR count). The summed E-state index contributed by atoms with van der Waals surface area (Å²) < 4.78 is 44.5. The minimum atomic E-state index is -2.96. The summed E-state index contributed by atoms with van der Waals surface area (Å²) in [5.74, 6) is -5.02. The molecule has 1 saturated carbocycles. The molecule has 2 heterocycles. The van der Waals surface area contributed by atoms with Crippen LogP contribution in [0.4, 0.5) is 8.78 Å².